The number of aryl methyl sites for hydroxylation is 1. The third-order valence-electron chi connectivity index (χ3n) is 5.05. The zero-order valence-corrected chi connectivity index (χ0v) is 17.3. The molecular weight excluding hydrogens is 451 g/mol. The van der Waals surface area contributed by atoms with Gasteiger partial charge in [-0.25, -0.2) is 22.7 Å². The largest absolute Gasteiger partial charge is 0.332 e. The van der Waals surface area contributed by atoms with Crippen molar-refractivity contribution in [2.75, 3.05) is 13.1 Å². The number of benzene rings is 1. The van der Waals surface area contributed by atoms with Crippen LogP contribution in [0.1, 0.15) is 39.6 Å². The SMILES string of the molecule is Cc1cc([C@@H]2CN(C(=O)c3cc(F)c(C)c(Br)c3)CC(F)(F)C2)n2ncnc2n1. The number of carbonyl (C=O) groups excluding carboxylic acids is 1. The van der Waals surface area contributed by atoms with E-state index in [1.165, 1.54) is 16.9 Å². The number of nitrogens with zero attached hydrogens (tertiary/aromatic N) is 5. The number of likely N-dealkylation sites (tertiary alicyclic amines) is 1. The van der Waals surface area contributed by atoms with E-state index < -0.39 is 36.5 Å². The Kier molecular flexibility index (Phi) is 4.84. The summed E-state index contributed by atoms with van der Waals surface area (Å²) < 4.78 is 45.1. The van der Waals surface area contributed by atoms with Gasteiger partial charge in [0.05, 0.1) is 12.2 Å². The maximum atomic E-state index is 14.6. The number of carbonyl (C=O) groups is 1. The molecule has 1 aliphatic rings. The molecule has 3 aromatic rings. The number of fused-ring (bicyclic) bond motifs is 1. The van der Waals surface area contributed by atoms with Gasteiger partial charge in [0.2, 0.25) is 0 Å². The molecule has 0 radical (unpaired) electrons. The second kappa shape index (κ2) is 7.08. The molecule has 1 aromatic carbocycles. The van der Waals surface area contributed by atoms with Gasteiger partial charge in [-0.3, -0.25) is 4.79 Å². The molecule has 1 aliphatic heterocycles. The summed E-state index contributed by atoms with van der Waals surface area (Å²) >= 11 is 3.21. The zero-order chi connectivity index (χ0) is 20.9. The maximum Gasteiger partial charge on any atom is 0.266 e. The second-order valence-corrected chi connectivity index (χ2v) is 8.16. The van der Waals surface area contributed by atoms with Crippen molar-refractivity contribution in [1.29, 1.82) is 0 Å². The van der Waals surface area contributed by atoms with E-state index in [4.69, 9.17) is 0 Å². The van der Waals surface area contributed by atoms with E-state index in [-0.39, 0.29) is 12.1 Å². The van der Waals surface area contributed by atoms with E-state index in [1.807, 2.05) is 0 Å². The Morgan fingerprint density at radius 3 is 2.76 bits per heavy atom. The Bertz CT molecular complexity index is 1090. The van der Waals surface area contributed by atoms with Crippen LogP contribution in [0.2, 0.25) is 0 Å². The van der Waals surface area contributed by atoms with Gasteiger partial charge in [0.15, 0.2) is 0 Å². The number of halogens is 4. The number of aromatic nitrogens is 4. The summed E-state index contributed by atoms with van der Waals surface area (Å²) in [4.78, 5) is 22.2. The van der Waals surface area contributed by atoms with Crippen LogP contribution in [-0.4, -0.2) is 49.4 Å². The Morgan fingerprint density at radius 1 is 1.28 bits per heavy atom. The van der Waals surface area contributed by atoms with E-state index in [1.54, 1.807) is 19.9 Å². The van der Waals surface area contributed by atoms with Crippen LogP contribution in [0.3, 0.4) is 0 Å². The highest BCUT2D eigenvalue weighted by molar-refractivity contribution is 9.10. The number of alkyl halides is 2. The minimum atomic E-state index is -3.09. The van der Waals surface area contributed by atoms with Gasteiger partial charge in [0.1, 0.15) is 12.1 Å². The second-order valence-electron chi connectivity index (χ2n) is 7.30. The molecule has 4 rings (SSSR count). The van der Waals surface area contributed by atoms with Crippen molar-refractivity contribution in [3.05, 3.63) is 57.3 Å². The lowest BCUT2D eigenvalue weighted by Gasteiger charge is -2.37. The van der Waals surface area contributed by atoms with Gasteiger partial charge in [0.25, 0.3) is 17.6 Å². The first-order chi connectivity index (χ1) is 13.6. The fourth-order valence-electron chi connectivity index (χ4n) is 3.65. The topological polar surface area (TPSA) is 63.4 Å². The number of hydrogen-bond acceptors (Lipinski definition) is 4. The molecule has 0 aliphatic carbocycles. The van der Waals surface area contributed by atoms with Crippen LogP contribution < -0.4 is 0 Å². The minimum Gasteiger partial charge on any atom is -0.332 e. The first-order valence-corrected chi connectivity index (χ1v) is 9.74. The lowest BCUT2D eigenvalue weighted by Crippen LogP contribution is -2.49. The molecule has 0 bridgehead atoms. The number of piperidine rings is 1. The molecule has 29 heavy (non-hydrogen) atoms. The number of hydrogen-bond donors (Lipinski definition) is 0. The fraction of sp³-hybridized carbons (Fsp3) is 0.368. The molecule has 0 N–H and O–H groups in total. The highest BCUT2D eigenvalue weighted by Gasteiger charge is 2.43. The third-order valence-corrected chi connectivity index (χ3v) is 5.87. The number of amides is 1. The van der Waals surface area contributed by atoms with Crippen molar-refractivity contribution in [3.63, 3.8) is 0 Å². The van der Waals surface area contributed by atoms with E-state index in [0.717, 1.165) is 11.0 Å². The van der Waals surface area contributed by atoms with Crippen molar-refractivity contribution in [2.24, 2.45) is 0 Å². The van der Waals surface area contributed by atoms with Gasteiger partial charge in [-0.15, -0.1) is 0 Å². The van der Waals surface area contributed by atoms with Gasteiger partial charge in [0, 0.05) is 34.6 Å². The zero-order valence-electron chi connectivity index (χ0n) is 15.7. The summed E-state index contributed by atoms with van der Waals surface area (Å²) in [6.07, 6.45) is 0.878. The van der Waals surface area contributed by atoms with Gasteiger partial charge >= 0.3 is 0 Å². The molecule has 0 saturated carbocycles. The molecular formula is C19H17BrF3N5O. The van der Waals surface area contributed by atoms with Crippen LogP contribution in [0.5, 0.6) is 0 Å². The summed E-state index contributed by atoms with van der Waals surface area (Å²) in [5.41, 5.74) is 1.51. The summed E-state index contributed by atoms with van der Waals surface area (Å²) in [5.74, 6) is -4.67. The minimum absolute atomic E-state index is 0.0215. The Labute approximate surface area is 172 Å². The standard InChI is InChI=1S/C19H17BrF3N5O/c1-10-3-16(28-18(26-10)24-9-25-28)13-6-19(22,23)8-27(7-13)17(29)12-4-14(20)11(2)15(21)5-12/h3-5,9,13H,6-8H2,1-2H3/t13-/m0/s1. The van der Waals surface area contributed by atoms with E-state index in [2.05, 4.69) is 31.0 Å². The summed E-state index contributed by atoms with van der Waals surface area (Å²) in [6, 6.07) is 4.21. The van der Waals surface area contributed by atoms with Crippen LogP contribution in [-0.2, 0) is 0 Å². The monoisotopic (exact) mass is 467 g/mol. The Morgan fingerprint density at radius 2 is 2.03 bits per heavy atom. The van der Waals surface area contributed by atoms with Crippen molar-refractivity contribution in [1.82, 2.24) is 24.5 Å². The van der Waals surface area contributed by atoms with Gasteiger partial charge in [-0.2, -0.15) is 10.1 Å². The Balaban J connectivity index is 1.71. The molecule has 3 heterocycles. The quantitative estimate of drug-likeness (QED) is 0.573. The van der Waals surface area contributed by atoms with Crippen molar-refractivity contribution >= 4 is 27.6 Å². The molecule has 1 atom stereocenters. The summed E-state index contributed by atoms with van der Waals surface area (Å²) in [5, 5.41) is 4.08. The van der Waals surface area contributed by atoms with E-state index >= 15 is 0 Å². The molecule has 1 fully saturated rings. The third kappa shape index (κ3) is 3.73. The van der Waals surface area contributed by atoms with Gasteiger partial charge < -0.3 is 4.90 Å². The average molecular weight is 468 g/mol. The molecule has 6 nitrogen and oxygen atoms in total. The molecule has 0 unspecified atom stereocenters. The molecule has 152 valence electrons. The van der Waals surface area contributed by atoms with Gasteiger partial charge in [-0.05, 0) is 37.6 Å². The number of rotatable bonds is 2. The Hall–Kier alpha value is -2.49. The van der Waals surface area contributed by atoms with Gasteiger partial charge in [-0.1, -0.05) is 15.9 Å². The van der Waals surface area contributed by atoms with Crippen LogP contribution in [0.25, 0.3) is 5.78 Å². The van der Waals surface area contributed by atoms with Crippen molar-refractivity contribution in [2.45, 2.75) is 32.1 Å². The summed E-state index contributed by atoms with van der Waals surface area (Å²) in [6.45, 7) is 2.64. The normalized spacial score (nSPS) is 19.0. The van der Waals surface area contributed by atoms with Crippen LogP contribution >= 0.6 is 15.9 Å². The predicted octanol–water partition coefficient (Wildman–Crippen LogP) is 3.91. The first-order valence-electron chi connectivity index (χ1n) is 8.94. The van der Waals surface area contributed by atoms with Crippen LogP contribution in [0.4, 0.5) is 13.2 Å². The molecule has 0 spiro atoms. The molecule has 1 amide bonds. The fourth-order valence-corrected chi connectivity index (χ4v) is 4.09. The highest BCUT2D eigenvalue weighted by atomic mass is 79.9. The van der Waals surface area contributed by atoms with Crippen LogP contribution in [0.15, 0.2) is 29.0 Å². The van der Waals surface area contributed by atoms with Crippen molar-refractivity contribution in [3.8, 4) is 0 Å². The predicted molar refractivity (Wildman–Crippen MR) is 103 cm³/mol. The van der Waals surface area contributed by atoms with Crippen LogP contribution in [0, 0.1) is 19.7 Å². The summed E-state index contributed by atoms with van der Waals surface area (Å²) in [7, 11) is 0. The van der Waals surface area contributed by atoms with Crippen molar-refractivity contribution < 1.29 is 18.0 Å². The smallest absolute Gasteiger partial charge is 0.266 e. The average Bonchev–Trinajstić information content (AvgIpc) is 3.11. The maximum absolute atomic E-state index is 14.6. The molecule has 10 heteroatoms. The molecule has 1 saturated heterocycles. The lowest BCUT2D eigenvalue weighted by molar-refractivity contribution is -0.0641. The first kappa shape index (κ1) is 19.8. The lowest BCUT2D eigenvalue weighted by atomic mass is 9.91. The highest BCUT2D eigenvalue weighted by Crippen LogP contribution is 2.37. The van der Waals surface area contributed by atoms with E-state index in [0.29, 0.717) is 27.2 Å². The molecule has 2 aromatic heterocycles. The van der Waals surface area contributed by atoms with E-state index in [9.17, 15) is 18.0 Å².